The zero-order chi connectivity index (χ0) is 26.0. The van der Waals surface area contributed by atoms with Gasteiger partial charge in [-0.05, 0) is 36.4 Å². The van der Waals surface area contributed by atoms with E-state index in [-0.39, 0.29) is 0 Å². The number of hydrogen-bond acceptors (Lipinski definition) is 11. The second-order valence-electron chi connectivity index (χ2n) is 8.91. The minimum atomic E-state index is 0.384. The Hall–Kier alpha value is -5.06. The van der Waals surface area contributed by atoms with Crippen LogP contribution in [0.15, 0.2) is 60.7 Å². The van der Waals surface area contributed by atoms with Crippen molar-refractivity contribution in [3.8, 4) is 34.5 Å². The maximum Gasteiger partial charge on any atom is 0.231 e. The number of nitrogens with one attached hydrogen (secondary N) is 3. The molecule has 11 nitrogen and oxygen atoms in total. The summed E-state index contributed by atoms with van der Waals surface area (Å²) in [6.07, 6.45) is 0. The molecule has 3 aromatic carbocycles. The average molecular weight is 528 g/mol. The monoisotopic (exact) mass is 527 g/mol. The van der Waals surface area contributed by atoms with Gasteiger partial charge in [0.25, 0.3) is 0 Å². The van der Waals surface area contributed by atoms with Gasteiger partial charge < -0.3 is 44.4 Å². The topological polar surface area (TPSA) is 117 Å². The van der Waals surface area contributed by atoms with Crippen molar-refractivity contribution < 1.29 is 28.4 Å². The van der Waals surface area contributed by atoms with Gasteiger partial charge in [0.2, 0.25) is 5.95 Å². The van der Waals surface area contributed by atoms with E-state index in [1.54, 1.807) is 0 Å². The quantitative estimate of drug-likeness (QED) is 0.314. The summed E-state index contributed by atoms with van der Waals surface area (Å²) in [6, 6.07) is 18.8. The van der Waals surface area contributed by atoms with E-state index in [4.69, 9.17) is 38.4 Å². The Bertz CT molecular complexity index is 1340. The van der Waals surface area contributed by atoms with Gasteiger partial charge in [0.1, 0.15) is 51.3 Å². The third kappa shape index (κ3) is 5.06. The van der Waals surface area contributed by atoms with Crippen molar-refractivity contribution in [1.82, 2.24) is 9.97 Å². The first-order chi connectivity index (χ1) is 19.2. The second kappa shape index (κ2) is 10.0. The van der Waals surface area contributed by atoms with Crippen LogP contribution in [-0.2, 0) is 0 Å². The van der Waals surface area contributed by atoms with Gasteiger partial charge in [-0.15, -0.1) is 0 Å². The minimum absolute atomic E-state index is 0.384. The zero-order valence-corrected chi connectivity index (χ0v) is 20.9. The number of ether oxygens (including phenoxy) is 6. The molecule has 0 atom stereocenters. The van der Waals surface area contributed by atoms with E-state index in [2.05, 4.69) is 16.0 Å². The van der Waals surface area contributed by atoms with E-state index in [0.717, 1.165) is 28.6 Å². The highest BCUT2D eigenvalue weighted by atomic mass is 16.6. The van der Waals surface area contributed by atoms with Gasteiger partial charge in [-0.2, -0.15) is 9.97 Å². The fraction of sp³-hybridized carbons (Fsp3) is 0.214. The van der Waals surface area contributed by atoms with Crippen molar-refractivity contribution in [2.75, 3.05) is 55.6 Å². The van der Waals surface area contributed by atoms with Crippen molar-refractivity contribution in [3.63, 3.8) is 0 Å². The van der Waals surface area contributed by atoms with Gasteiger partial charge in [-0.3, -0.25) is 0 Å². The zero-order valence-electron chi connectivity index (χ0n) is 20.9. The number of hydrogen-bond donors (Lipinski definition) is 3. The number of fused-ring (bicyclic) bond motifs is 3. The first kappa shape index (κ1) is 23.1. The van der Waals surface area contributed by atoms with Crippen LogP contribution in [0, 0.1) is 0 Å². The molecule has 39 heavy (non-hydrogen) atoms. The van der Waals surface area contributed by atoms with Crippen LogP contribution in [0.3, 0.4) is 0 Å². The van der Waals surface area contributed by atoms with Crippen LogP contribution < -0.4 is 44.4 Å². The van der Waals surface area contributed by atoms with Gasteiger partial charge in [0, 0.05) is 41.3 Å². The van der Waals surface area contributed by atoms with Crippen LogP contribution in [0.2, 0.25) is 0 Å². The molecule has 0 unspecified atom stereocenters. The Labute approximate surface area is 224 Å². The molecular weight excluding hydrogens is 502 g/mol. The fourth-order valence-corrected chi connectivity index (χ4v) is 4.42. The Morgan fingerprint density at radius 1 is 0.410 bits per heavy atom. The molecule has 3 N–H and O–H groups in total. The van der Waals surface area contributed by atoms with Gasteiger partial charge in [0.05, 0.1) is 0 Å². The van der Waals surface area contributed by atoms with Crippen molar-refractivity contribution in [2.45, 2.75) is 0 Å². The standard InChI is InChI=1S/C28H25N5O6/c1-4-20-23(37-10-7-34-20)13-17(1)29-26-16-27(30-18-2-5-21-24(14-18)38-11-8-35-21)33-28(32-26)31-19-3-6-22-25(15-19)39-12-9-36-22/h1-6,13-16H,7-12H2,(H3,29,30,31,32,33). The summed E-state index contributed by atoms with van der Waals surface area (Å²) < 4.78 is 34.1. The van der Waals surface area contributed by atoms with E-state index < -0.39 is 0 Å². The van der Waals surface area contributed by atoms with Gasteiger partial charge >= 0.3 is 0 Å². The van der Waals surface area contributed by atoms with Crippen molar-refractivity contribution in [1.29, 1.82) is 0 Å². The third-order valence-electron chi connectivity index (χ3n) is 6.15. The molecule has 4 aromatic rings. The smallest absolute Gasteiger partial charge is 0.231 e. The first-order valence-electron chi connectivity index (χ1n) is 12.6. The largest absolute Gasteiger partial charge is 0.486 e. The SMILES string of the molecule is c1cc2c(cc1Nc1cc(Nc3ccc4c(c3)OCCO4)nc(Nc3ccc4c(c3)OCCO4)n1)OCCO2. The van der Waals surface area contributed by atoms with Crippen molar-refractivity contribution >= 4 is 34.6 Å². The third-order valence-corrected chi connectivity index (χ3v) is 6.15. The lowest BCUT2D eigenvalue weighted by molar-refractivity contribution is 0.171. The molecule has 0 spiro atoms. The van der Waals surface area contributed by atoms with Gasteiger partial charge in [0.15, 0.2) is 34.5 Å². The maximum atomic E-state index is 5.73. The van der Waals surface area contributed by atoms with Crippen LogP contribution >= 0.6 is 0 Å². The number of benzene rings is 3. The molecule has 0 saturated heterocycles. The molecule has 3 aliphatic rings. The first-order valence-corrected chi connectivity index (χ1v) is 12.6. The number of rotatable bonds is 6. The summed E-state index contributed by atoms with van der Waals surface area (Å²) in [4.78, 5) is 9.40. The number of anilines is 6. The van der Waals surface area contributed by atoms with E-state index in [9.17, 15) is 0 Å². The molecule has 0 fully saturated rings. The molecule has 4 heterocycles. The molecule has 0 aliphatic carbocycles. The van der Waals surface area contributed by atoms with Gasteiger partial charge in [-0.25, -0.2) is 0 Å². The lowest BCUT2D eigenvalue weighted by Crippen LogP contribution is -2.15. The molecule has 7 rings (SSSR count). The summed E-state index contributed by atoms with van der Waals surface area (Å²) in [5.74, 6) is 5.72. The van der Waals surface area contributed by atoms with Gasteiger partial charge in [-0.1, -0.05) is 0 Å². The molecular formula is C28H25N5O6. The summed E-state index contributed by atoms with van der Waals surface area (Å²) in [6.45, 7) is 3.14. The molecule has 0 bridgehead atoms. The molecule has 1 aromatic heterocycles. The molecule has 3 aliphatic heterocycles. The molecule has 0 amide bonds. The Kier molecular flexibility index (Phi) is 5.93. The summed E-state index contributed by atoms with van der Waals surface area (Å²) in [7, 11) is 0. The highest BCUT2D eigenvalue weighted by Gasteiger charge is 2.16. The molecule has 198 valence electrons. The van der Waals surface area contributed by atoms with E-state index >= 15 is 0 Å². The van der Waals surface area contributed by atoms with Crippen molar-refractivity contribution in [2.24, 2.45) is 0 Å². The lowest BCUT2D eigenvalue weighted by atomic mass is 10.2. The van der Waals surface area contributed by atoms with Crippen LogP contribution in [-0.4, -0.2) is 49.6 Å². The molecule has 0 saturated carbocycles. The van der Waals surface area contributed by atoms with E-state index in [1.807, 2.05) is 60.7 Å². The summed E-state index contributed by atoms with van der Waals surface area (Å²) >= 11 is 0. The second-order valence-corrected chi connectivity index (χ2v) is 8.91. The van der Waals surface area contributed by atoms with Crippen LogP contribution in [0.25, 0.3) is 0 Å². The normalized spacial score (nSPS) is 14.8. The van der Waals surface area contributed by atoms with Crippen LogP contribution in [0.5, 0.6) is 34.5 Å². The minimum Gasteiger partial charge on any atom is -0.486 e. The van der Waals surface area contributed by atoms with E-state index in [0.29, 0.717) is 80.2 Å². The fourth-order valence-electron chi connectivity index (χ4n) is 4.42. The highest BCUT2D eigenvalue weighted by Crippen LogP contribution is 2.37. The lowest BCUT2D eigenvalue weighted by Gasteiger charge is -2.20. The maximum absolute atomic E-state index is 5.73. The molecule has 0 radical (unpaired) electrons. The predicted octanol–water partition coefficient (Wildman–Crippen LogP) is 5.02. The predicted molar refractivity (Wildman–Crippen MR) is 144 cm³/mol. The summed E-state index contributed by atoms with van der Waals surface area (Å²) in [5.41, 5.74) is 2.36. The number of aromatic nitrogens is 2. The Morgan fingerprint density at radius 3 is 1.18 bits per heavy atom. The van der Waals surface area contributed by atoms with Crippen LogP contribution in [0.4, 0.5) is 34.6 Å². The average Bonchev–Trinajstić information content (AvgIpc) is 2.97. The van der Waals surface area contributed by atoms with Crippen molar-refractivity contribution in [3.05, 3.63) is 60.7 Å². The number of nitrogens with zero attached hydrogens (tertiary/aromatic N) is 2. The van der Waals surface area contributed by atoms with E-state index in [1.165, 1.54) is 0 Å². The highest BCUT2D eigenvalue weighted by molar-refractivity contribution is 5.70. The summed E-state index contributed by atoms with van der Waals surface area (Å²) in [5, 5.41) is 9.98. The Balaban J connectivity index is 1.19. The molecule has 11 heteroatoms. The van der Waals surface area contributed by atoms with Crippen LogP contribution in [0.1, 0.15) is 0 Å². The Morgan fingerprint density at radius 2 is 0.769 bits per heavy atom.